The van der Waals surface area contributed by atoms with Crippen molar-refractivity contribution in [3.63, 3.8) is 0 Å². The number of benzene rings is 2. The highest BCUT2D eigenvalue weighted by Gasteiger charge is 2.16. The lowest BCUT2D eigenvalue weighted by Gasteiger charge is -2.16. The average Bonchev–Trinajstić information content (AvgIpc) is 2.53. The third kappa shape index (κ3) is 4.22. The van der Waals surface area contributed by atoms with Crippen molar-refractivity contribution in [3.8, 4) is 11.5 Å². The van der Waals surface area contributed by atoms with Crippen LogP contribution in [0.2, 0.25) is 0 Å². The molecule has 0 saturated heterocycles. The van der Waals surface area contributed by atoms with E-state index in [2.05, 4.69) is 15.9 Å². The summed E-state index contributed by atoms with van der Waals surface area (Å²) in [5, 5.41) is 10.1. The van der Waals surface area contributed by atoms with E-state index in [-0.39, 0.29) is 4.83 Å². The van der Waals surface area contributed by atoms with Gasteiger partial charge in [0.15, 0.2) is 11.5 Å². The van der Waals surface area contributed by atoms with Crippen molar-refractivity contribution >= 4 is 15.9 Å². The van der Waals surface area contributed by atoms with Crippen LogP contribution in [0, 0.1) is 0 Å². The number of hydrogen-bond donors (Lipinski definition) is 1. The zero-order valence-electron chi connectivity index (χ0n) is 12.1. The van der Waals surface area contributed by atoms with E-state index >= 15 is 0 Å². The molecule has 0 spiro atoms. The molecule has 0 aliphatic rings. The Morgan fingerprint density at radius 3 is 2.43 bits per heavy atom. The van der Waals surface area contributed by atoms with Crippen LogP contribution in [0.3, 0.4) is 0 Å². The van der Waals surface area contributed by atoms with Gasteiger partial charge < -0.3 is 14.6 Å². The molecule has 2 atom stereocenters. The number of halogens is 1. The maximum atomic E-state index is 10.1. The molecule has 3 nitrogen and oxygen atoms in total. The standard InChI is InChI=1S/C17H19BrO3/c1-12(18)17(19)14-8-9-15(16(10-14)20-2)21-11-13-6-4-3-5-7-13/h3-10,12,17,19H,11H2,1-2H3. The highest BCUT2D eigenvalue weighted by molar-refractivity contribution is 9.09. The summed E-state index contributed by atoms with van der Waals surface area (Å²) in [7, 11) is 1.60. The maximum absolute atomic E-state index is 10.1. The summed E-state index contributed by atoms with van der Waals surface area (Å²) in [6.45, 7) is 2.38. The van der Waals surface area contributed by atoms with Crippen LogP contribution >= 0.6 is 15.9 Å². The van der Waals surface area contributed by atoms with Crippen molar-refractivity contribution in [2.75, 3.05) is 7.11 Å². The number of rotatable bonds is 6. The molecular weight excluding hydrogens is 332 g/mol. The number of methoxy groups -OCH3 is 1. The normalized spacial score (nSPS) is 13.5. The van der Waals surface area contributed by atoms with E-state index < -0.39 is 6.10 Å². The predicted molar refractivity (Wildman–Crippen MR) is 87.1 cm³/mol. The Kier molecular flexibility index (Phi) is 5.65. The van der Waals surface area contributed by atoms with Crippen molar-refractivity contribution in [2.24, 2.45) is 0 Å². The molecule has 0 aliphatic heterocycles. The molecule has 21 heavy (non-hydrogen) atoms. The molecule has 2 aromatic rings. The molecular formula is C17H19BrO3. The fourth-order valence-corrected chi connectivity index (χ4v) is 2.29. The minimum atomic E-state index is -0.581. The van der Waals surface area contributed by atoms with Gasteiger partial charge in [-0.2, -0.15) is 0 Å². The Morgan fingerprint density at radius 2 is 1.81 bits per heavy atom. The largest absolute Gasteiger partial charge is 0.493 e. The van der Waals surface area contributed by atoms with Crippen molar-refractivity contribution in [3.05, 3.63) is 59.7 Å². The van der Waals surface area contributed by atoms with Crippen LogP contribution in [0.5, 0.6) is 11.5 Å². The first-order chi connectivity index (χ1) is 10.1. The summed E-state index contributed by atoms with van der Waals surface area (Å²) in [6.07, 6.45) is -0.581. The van der Waals surface area contributed by atoms with E-state index in [1.807, 2.05) is 55.5 Å². The molecule has 0 fully saturated rings. The highest BCUT2D eigenvalue weighted by Crippen LogP contribution is 2.32. The Labute approximate surface area is 133 Å². The van der Waals surface area contributed by atoms with Gasteiger partial charge in [-0.05, 0) is 30.2 Å². The van der Waals surface area contributed by atoms with Gasteiger partial charge in [0, 0.05) is 4.83 Å². The fraction of sp³-hybridized carbons (Fsp3) is 0.294. The molecule has 2 rings (SSSR count). The molecule has 0 heterocycles. The molecule has 0 amide bonds. The Bertz CT molecular complexity index is 570. The molecule has 2 aromatic carbocycles. The van der Waals surface area contributed by atoms with Gasteiger partial charge in [0.1, 0.15) is 6.61 Å². The molecule has 0 bridgehead atoms. The second kappa shape index (κ2) is 7.48. The summed E-state index contributed by atoms with van der Waals surface area (Å²) in [6, 6.07) is 15.4. The molecule has 0 radical (unpaired) electrons. The monoisotopic (exact) mass is 350 g/mol. The van der Waals surface area contributed by atoms with E-state index in [9.17, 15) is 5.11 Å². The van der Waals surface area contributed by atoms with Gasteiger partial charge in [-0.1, -0.05) is 52.3 Å². The summed E-state index contributed by atoms with van der Waals surface area (Å²) >= 11 is 3.38. The second-order valence-corrected chi connectivity index (χ2v) is 6.25. The third-order valence-electron chi connectivity index (χ3n) is 3.20. The fourth-order valence-electron chi connectivity index (χ4n) is 1.99. The van der Waals surface area contributed by atoms with Crippen LogP contribution in [0.4, 0.5) is 0 Å². The highest BCUT2D eigenvalue weighted by atomic mass is 79.9. The third-order valence-corrected chi connectivity index (χ3v) is 3.70. The molecule has 0 aromatic heterocycles. The predicted octanol–water partition coefficient (Wildman–Crippen LogP) is 4.09. The number of ether oxygens (including phenoxy) is 2. The quantitative estimate of drug-likeness (QED) is 0.797. The van der Waals surface area contributed by atoms with Crippen LogP contribution < -0.4 is 9.47 Å². The Hall–Kier alpha value is -1.52. The van der Waals surface area contributed by atoms with Gasteiger partial charge in [0.25, 0.3) is 0 Å². The lowest BCUT2D eigenvalue weighted by Crippen LogP contribution is -2.08. The van der Waals surface area contributed by atoms with Gasteiger partial charge in [0.2, 0.25) is 0 Å². The first-order valence-electron chi connectivity index (χ1n) is 6.78. The van der Waals surface area contributed by atoms with Crippen molar-refractivity contribution in [1.29, 1.82) is 0 Å². The molecule has 0 aliphatic carbocycles. The lowest BCUT2D eigenvalue weighted by molar-refractivity contribution is 0.180. The van der Waals surface area contributed by atoms with Crippen LogP contribution in [0.1, 0.15) is 24.2 Å². The number of aliphatic hydroxyl groups excluding tert-OH is 1. The van der Waals surface area contributed by atoms with Crippen LogP contribution in [-0.4, -0.2) is 17.0 Å². The van der Waals surface area contributed by atoms with E-state index in [4.69, 9.17) is 9.47 Å². The van der Waals surface area contributed by atoms with Gasteiger partial charge in [0.05, 0.1) is 13.2 Å². The first kappa shape index (κ1) is 15.9. The maximum Gasteiger partial charge on any atom is 0.161 e. The molecule has 4 heteroatoms. The van der Waals surface area contributed by atoms with Gasteiger partial charge >= 0.3 is 0 Å². The minimum Gasteiger partial charge on any atom is -0.493 e. The SMILES string of the molecule is COc1cc(C(O)C(C)Br)ccc1OCc1ccccc1. The number of alkyl halides is 1. The van der Waals surface area contributed by atoms with E-state index in [0.29, 0.717) is 18.1 Å². The van der Waals surface area contributed by atoms with E-state index in [0.717, 1.165) is 11.1 Å². The Morgan fingerprint density at radius 1 is 1.10 bits per heavy atom. The Balaban J connectivity index is 2.13. The summed E-state index contributed by atoms with van der Waals surface area (Å²) < 4.78 is 11.1. The summed E-state index contributed by atoms with van der Waals surface area (Å²) in [4.78, 5) is -0.0294. The smallest absolute Gasteiger partial charge is 0.161 e. The van der Waals surface area contributed by atoms with Gasteiger partial charge in [-0.15, -0.1) is 0 Å². The summed E-state index contributed by atoms with van der Waals surface area (Å²) in [5.74, 6) is 1.29. The van der Waals surface area contributed by atoms with Crippen LogP contribution in [-0.2, 0) is 6.61 Å². The molecule has 2 unspecified atom stereocenters. The topological polar surface area (TPSA) is 38.7 Å². The average molecular weight is 351 g/mol. The van der Waals surface area contributed by atoms with E-state index in [1.54, 1.807) is 7.11 Å². The zero-order valence-corrected chi connectivity index (χ0v) is 13.7. The second-order valence-electron chi connectivity index (χ2n) is 4.81. The molecule has 0 saturated carbocycles. The number of hydrogen-bond acceptors (Lipinski definition) is 3. The summed E-state index contributed by atoms with van der Waals surface area (Å²) in [5.41, 5.74) is 1.89. The van der Waals surface area contributed by atoms with Crippen LogP contribution in [0.25, 0.3) is 0 Å². The van der Waals surface area contributed by atoms with Gasteiger partial charge in [-0.3, -0.25) is 0 Å². The van der Waals surface area contributed by atoms with Gasteiger partial charge in [-0.25, -0.2) is 0 Å². The van der Waals surface area contributed by atoms with E-state index in [1.165, 1.54) is 0 Å². The molecule has 112 valence electrons. The molecule has 1 N–H and O–H groups in total. The van der Waals surface area contributed by atoms with Crippen LogP contribution in [0.15, 0.2) is 48.5 Å². The zero-order chi connectivity index (χ0) is 15.2. The van der Waals surface area contributed by atoms with Crippen molar-refractivity contribution in [1.82, 2.24) is 0 Å². The first-order valence-corrected chi connectivity index (χ1v) is 7.70. The van der Waals surface area contributed by atoms with Crippen molar-refractivity contribution in [2.45, 2.75) is 24.5 Å². The lowest BCUT2D eigenvalue weighted by atomic mass is 10.1. The van der Waals surface area contributed by atoms with Crippen molar-refractivity contribution < 1.29 is 14.6 Å². The number of aliphatic hydroxyl groups is 1. The minimum absolute atomic E-state index is 0.0294.